The number of carboxylic acids is 1. The van der Waals surface area contributed by atoms with Gasteiger partial charge in [-0.05, 0) is 12.1 Å². The van der Waals surface area contributed by atoms with E-state index in [0.717, 1.165) is 0 Å². The molecule has 0 bridgehead atoms. The Hall–Kier alpha value is -2.36. The number of nitrogens with one attached hydrogen (secondary N) is 2. The maximum absolute atomic E-state index is 12.3. The van der Waals surface area contributed by atoms with Gasteiger partial charge < -0.3 is 20.5 Å². The third-order valence-corrected chi connectivity index (χ3v) is 2.48. The first kappa shape index (κ1) is 16.7. The number of amides is 1. The van der Waals surface area contributed by atoms with E-state index in [1.807, 2.05) is 5.32 Å². The number of aromatic amines is 1. The number of aliphatic hydroxyl groups is 1. The van der Waals surface area contributed by atoms with Gasteiger partial charge in [0.2, 0.25) is 0 Å². The van der Waals surface area contributed by atoms with Crippen LogP contribution >= 0.6 is 0 Å². The van der Waals surface area contributed by atoms with Crippen molar-refractivity contribution in [2.75, 3.05) is 6.61 Å². The summed E-state index contributed by atoms with van der Waals surface area (Å²) in [6, 6.07) is -0.309. The molecule has 0 spiro atoms. The molecule has 0 fully saturated rings. The van der Waals surface area contributed by atoms with Crippen molar-refractivity contribution in [3.63, 3.8) is 0 Å². The van der Waals surface area contributed by atoms with Crippen LogP contribution in [0.5, 0.6) is 0 Å². The fourth-order valence-corrected chi connectivity index (χ4v) is 1.44. The van der Waals surface area contributed by atoms with E-state index < -0.39 is 47.5 Å². The molecule has 0 unspecified atom stereocenters. The lowest BCUT2D eigenvalue weighted by molar-refractivity contribution is -0.141. The van der Waals surface area contributed by atoms with E-state index in [1.165, 1.54) is 4.98 Å². The smallest absolute Gasteiger partial charge is 0.431 e. The number of hydrogen-bond donors (Lipinski definition) is 4. The molecule has 21 heavy (non-hydrogen) atoms. The van der Waals surface area contributed by atoms with Gasteiger partial charge in [-0.25, -0.2) is 4.79 Å². The second-order valence-electron chi connectivity index (χ2n) is 3.99. The Labute approximate surface area is 115 Å². The highest BCUT2D eigenvalue weighted by molar-refractivity contribution is 5.96. The third kappa shape index (κ3) is 4.31. The van der Waals surface area contributed by atoms with Crippen molar-refractivity contribution in [1.82, 2.24) is 10.3 Å². The van der Waals surface area contributed by atoms with Gasteiger partial charge in [0.05, 0.1) is 0 Å². The number of carboxylic acid groups (broad SMARTS) is 1. The molecule has 1 aromatic rings. The largest absolute Gasteiger partial charge is 0.480 e. The van der Waals surface area contributed by atoms with E-state index in [-0.39, 0.29) is 6.42 Å². The molecule has 4 N–H and O–H groups in total. The minimum Gasteiger partial charge on any atom is -0.480 e. The number of aromatic nitrogens is 1. The SMILES string of the molecule is O=C(N[C@H](CCO)C(=O)O)c1ccc(C(F)(F)F)[nH]c1=O. The van der Waals surface area contributed by atoms with Crippen molar-refractivity contribution in [2.45, 2.75) is 18.6 Å². The predicted molar refractivity (Wildman–Crippen MR) is 62.7 cm³/mol. The third-order valence-electron chi connectivity index (χ3n) is 2.48. The average Bonchev–Trinajstić information content (AvgIpc) is 2.36. The zero-order chi connectivity index (χ0) is 16.2. The number of carbonyl (C=O) groups is 2. The van der Waals surface area contributed by atoms with Crippen molar-refractivity contribution in [3.05, 3.63) is 33.7 Å². The standard InChI is InChI=1S/C11H11F3N2O5/c12-11(13,14)7-2-1-5(9(19)16-7)8(18)15-6(3-4-17)10(20)21/h1-2,6,17H,3-4H2,(H,15,18)(H,16,19)(H,20,21)/t6-/m1/s1. The molecule has 0 aliphatic carbocycles. The second kappa shape index (κ2) is 6.39. The van der Waals surface area contributed by atoms with Gasteiger partial charge in [-0.2, -0.15) is 13.2 Å². The Balaban J connectivity index is 2.98. The number of pyridine rings is 1. The van der Waals surface area contributed by atoms with Crippen molar-refractivity contribution in [2.24, 2.45) is 0 Å². The van der Waals surface area contributed by atoms with Crippen LogP contribution in [-0.2, 0) is 11.0 Å². The first-order chi connectivity index (χ1) is 9.66. The molecule has 1 atom stereocenters. The Kier molecular flexibility index (Phi) is 5.08. The summed E-state index contributed by atoms with van der Waals surface area (Å²) in [6.07, 6.45) is -5.08. The summed E-state index contributed by atoms with van der Waals surface area (Å²) < 4.78 is 37.0. The van der Waals surface area contributed by atoms with Crippen LogP contribution in [0.3, 0.4) is 0 Å². The van der Waals surface area contributed by atoms with Crippen LogP contribution in [0, 0.1) is 0 Å². The molecular formula is C11H11F3N2O5. The maximum atomic E-state index is 12.3. The normalized spacial score (nSPS) is 12.8. The lowest BCUT2D eigenvalue weighted by Crippen LogP contribution is -2.43. The van der Waals surface area contributed by atoms with Crippen LogP contribution in [0.2, 0.25) is 0 Å². The summed E-state index contributed by atoms with van der Waals surface area (Å²) in [5, 5.41) is 19.3. The Bertz CT molecular complexity index is 596. The van der Waals surface area contributed by atoms with Gasteiger partial charge in [-0.1, -0.05) is 0 Å². The molecule has 1 rings (SSSR count). The molecule has 7 nitrogen and oxygen atoms in total. The van der Waals surface area contributed by atoms with Gasteiger partial charge in [0.1, 0.15) is 17.3 Å². The van der Waals surface area contributed by atoms with Gasteiger partial charge in [0, 0.05) is 13.0 Å². The van der Waals surface area contributed by atoms with E-state index in [9.17, 15) is 27.6 Å². The lowest BCUT2D eigenvalue weighted by atomic mass is 10.2. The van der Waals surface area contributed by atoms with Crippen LogP contribution in [0.15, 0.2) is 16.9 Å². The highest BCUT2D eigenvalue weighted by Gasteiger charge is 2.32. The molecule has 0 aliphatic heterocycles. The first-order valence-electron chi connectivity index (χ1n) is 5.62. The number of H-pyrrole nitrogens is 1. The van der Waals surface area contributed by atoms with E-state index in [1.54, 1.807) is 0 Å². The van der Waals surface area contributed by atoms with Gasteiger partial charge in [0.25, 0.3) is 11.5 Å². The topological polar surface area (TPSA) is 119 Å². The fourth-order valence-electron chi connectivity index (χ4n) is 1.44. The number of halogens is 3. The van der Waals surface area contributed by atoms with E-state index in [2.05, 4.69) is 0 Å². The van der Waals surface area contributed by atoms with Gasteiger partial charge in [-0.15, -0.1) is 0 Å². The van der Waals surface area contributed by atoms with Crippen LogP contribution in [0.4, 0.5) is 13.2 Å². The molecule has 0 radical (unpaired) electrons. The molecule has 0 saturated heterocycles. The van der Waals surface area contributed by atoms with Crippen LogP contribution < -0.4 is 10.9 Å². The molecule has 116 valence electrons. The van der Waals surface area contributed by atoms with Crippen molar-refractivity contribution >= 4 is 11.9 Å². The van der Waals surface area contributed by atoms with Crippen LogP contribution in [0.1, 0.15) is 22.5 Å². The summed E-state index contributed by atoms with van der Waals surface area (Å²) in [7, 11) is 0. The lowest BCUT2D eigenvalue weighted by Gasteiger charge is -2.13. The van der Waals surface area contributed by atoms with Crippen molar-refractivity contribution < 1.29 is 33.0 Å². The number of alkyl halides is 3. The zero-order valence-corrected chi connectivity index (χ0v) is 10.4. The molecular weight excluding hydrogens is 297 g/mol. The highest BCUT2D eigenvalue weighted by Crippen LogP contribution is 2.26. The number of aliphatic carboxylic acids is 1. The molecule has 0 aromatic carbocycles. The van der Waals surface area contributed by atoms with Crippen LogP contribution in [0.25, 0.3) is 0 Å². The molecule has 0 saturated carbocycles. The fraction of sp³-hybridized carbons (Fsp3) is 0.364. The number of hydrogen-bond acceptors (Lipinski definition) is 4. The summed E-state index contributed by atoms with van der Waals surface area (Å²) in [6.45, 7) is -0.527. The van der Waals surface area contributed by atoms with E-state index in [0.29, 0.717) is 12.1 Å². The Morgan fingerprint density at radius 3 is 2.38 bits per heavy atom. The molecule has 10 heteroatoms. The molecule has 1 amide bonds. The average molecular weight is 308 g/mol. The van der Waals surface area contributed by atoms with E-state index in [4.69, 9.17) is 10.2 Å². The number of rotatable bonds is 5. The molecule has 1 aromatic heterocycles. The van der Waals surface area contributed by atoms with Crippen LogP contribution in [-0.4, -0.2) is 39.7 Å². The second-order valence-corrected chi connectivity index (χ2v) is 3.99. The van der Waals surface area contributed by atoms with Gasteiger partial charge in [0.15, 0.2) is 0 Å². The monoisotopic (exact) mass is 308 g/mol. The summed E-state index contributed by atoms with van der Waals surface area (Å²) in [5.41, 5.74) is -3.28. The predicted octanol–water partition coefficient (Wildman–Crippen LogP) is -0.0409. The van der Waals surface area contributed by atoms with Crippen molar-refractivity contribution in [1.29, 1.82) is 0 Å². The summed E-state index contributed by atoms with van der Waals surface area (Å²) >= 11 is 0. The van der Waals surface area contributed by atoms with E-state index >= 15 is 0 Å². The Morgan fingerprint density at radius 1 is 1.33 bits per heavy atom. The summed E-state index contributed by atoms with van der Waals surface area (Å²) in [5.74, 6) is -2.59. The molecule has 1 heterocycles. The Morgan fingerprint density at radius 2 is 1.95 bits per heavy atom. The highest BCUT2D eigenvalue weighted by atomic mass is 19.4. The minimum absolute atomic E-state index is 0.306. The minimum atomic E-state index is -4.77. The van der Waals surface area contributed by atoms with Gasteiger partial charge >= 0.3 is 12.1 Å². The summed E-state index contributed by atoms with van der Waals surface area (Å²) in [4.78, 5) is 35.3. The first-order valence-corrected chi connectivity index (χ1v) is 5.62. The van der Waals surface area contributed by atoms with Gasteiger partial charge in [-0.3, -0.25) is 9.59 Å². The van der Waals surface area contributed by atoms with Crippen molar-refractivity contribution in [3.8, 4) is 0 Å². The quantitative estimate of drug-likeness (QED) is 0.608. The zero-order valence-electron chi connectivity index (χ0n) is 10.4. The number of aliphatic hydroxyl groups excluding tert-OH is 1. The number of carbonyl (C=O) groups excluding carboxylic acids is 1. The maximum Gasteiger partial charge on any atom is 0.431 e. The molecule has 0 aliphatic rings.